The molecule has 2 heterocycles. The van der Waals surface area contributed by atoms with Gasteiger partial charge >= 0.3 is 0 Å². The van der Waals surface area contributed by atoms with Gasteiger partial charge in [-0.15, -0.1) is 5.10 Å². The predicted octanol–water partition coefficient (Wildman–Crippen LogP) is 3.29. The fourth-order valence-corrected chi connectivity index (χ4v) is 4.72. The van der Waals surface area contributed by atoms with E-state index in [2.05, 4.69) is 10.2 Å². The van der Waals surface area contributed by atoms with Gasteiger partial charge in [0, 0.05) is 12.6 Å². The Balaban J connectivity index is 1.45. The number of benzene rings is 2. The Kier molecular flexibility index (Phi) is 5.11. The molecule has 0 N–H and O–H groups in total. The quantitative estimate of drug-likeness (QED) is 0.663. The van der Waals surface area contributed by atoms with E-state index in [4.69, 9.17) is 4.74 Å². The van der Waals surface area contributed by atoms with Crippen molar-refractivity contribution in [1.82, 2.24) is 14.5 Å². The van der Waals surface area contributed by atoms with E-state index in [1.54, 1.807) is 18.2 Å². The Bertz CT molecular complexity index is 1040. The third-order valence-electron chi connectivity index (χ3n) is 4.77. The number of hydrogen-bond donors (Lipinski definition) is 0. The van der Waals surface area contributed by atoms with Crippen LogP contribution in [0, 0.1) is 6.92 Å². The number of rotatable bonds is 5. The highest BCUT2D eigenvalue weighted by Gasteiger charge is 2.33. The summed E-state index contributed by atoms with van der Waals surface area (Å²) in [6.07, 6.45) is 0.395. The van der Waals surface area contributed by atoms with Crippen LogP contribution >= 0.6 is 0 Å². The lowest BCUT2D eigenvalue weighted by Crippen LogP contribution is -2.31. The summed E-state index contributed by atoms with van der Waals surface area (Å²) < 4.78 is 33.2. The van der Waals surface area contributed by atoms with Crippen LogP contribution in [0.3, 0.4) is 0 Å². The lowest BCUT2D eigenvalue weighted by atomic mass is 10.1. The molecule has 1 aliphatic heterocycles. The van der Waals surface area contributed by atoms with E-state index < -0.39 is 10.0 Å². The maximum atomic E-state index is 13.0. The zero-order valence-electron chi connectivity index (χ0n) is 15.5. The molecule has 3 aromatic rings. The first-order valence-corrected chi connectivity index (χ1v) is 10.6. The SMILES string of the molecule is Cc1ccc(OC2CCN(S(=O)(=O)c3ccc(-c4ccccc4)cc3)C2)nn1. The van der Waals surface area contributed by atoms with Crippen molar-refractivity contribution < 1.29 is 13.2 Å². The van der Waals surface area contributed by atoms with Gasteiger partial charge in [0.15, 0.2) is 0 Å². The highest BCUT2D eigenvalue weighted by atomic mass is 32.2. The van der Waals surface area contributed by atoms with E-state index in [1.807, 2.05) is 55.5 Å². The lowest BCUT2D eigenvalue weighted by Gasteiger charge is -2.17. The summed E-state index contributed by atoms with van der Waals surface area (Å²) in [6, 6.07) is 20.5. The highest BCUT2D eigenvalue weighted by Crippen LogP contribution is 2.26. The van der Waals surface area contributed by atoms with Gasteiger partial charge in [-0.1, -0.05) is 42.5 Å². The van der Waals surface area contributed by atoms with E-state index in [0.29, 0.717) is 30.3 Å². The predicted molar refractivity (Wildman–Crippen MR) is 106 cm³/mol. The average Bonchev–Trinajstić information content (AvgIpc) is 3.20. The number of aromatic nitrogens is 2. The Morgan fingerprint density at radius 3 is 2.32 bits per heavy atom. The van der Waals surface area contributed by atoms with Crippen molar-refractivity contribution in [2.45, 2.75) is 24.3 Å². The Morgan fingerprint density at radius 2 is 1.64 bits per heavy atom. The minimum atomic E-state index is -3.55. The molecule has 6 nitrogen and oxygen atoms in total. The number of hydrogen-bond acceptors (Lipinski definition) is 5. The molecular formula is C21H21N3O3S. The lowest BCUT2D eigenvalue weighted by molar-refractivity contribution is 0.204. The van der Waals surface area contributed by atoms with Gasteiger partial charge in [-0.2, -0.15) is 9.40 Å². The Morgan fingerprint density at radius 1 is 0.929 bits per heavy atom. The van der Waals surface area contributed by atoms with E-state index in [9.17, 15) is 8.42 Å². The molecule has 28 heavy (non-hydrogen) atoms. The molecule has 0 bridgehead atoms. The summed E-state index contributed by atoms with van der Waals surface area (Å²) in [5.74, 6) is 0.419. The van der Waals surface area contributed by atoms with Crippen LogP contribution in [0.1, 0.15) is 12.1 Å². The van der Waals surface area contributed by atoms with Gasteiger partial charge in [-0.25, -0.2) is 8.42 Å². The minimum absolute atomic E-state index is 0.227. The third-order valence-corrected chi connectivity index (χ3v) is 6.65. The first-order chi connectivity index (χ1) is 13.5. The summed E-state index contributed by atoms with van der Waals surface area (Å²) in [5, 5.41) is 7.95. The molecule has 144 valence electrons. The summed E-state index contributed by atoms with van der Waals surface area (Å²) in [7, 11) is -3.55. The van der Waals surface area contributed by atoms with Crippen molar-refractivity contribution in [1.29, 1.82) is 0 Å². The summed E-state index contributed by atoms with van der Waals surface area (Å²) >= 11 is 0. The fourth-order valence-electron chi connectivity index (χ4n) is 3.23. The molecule has 1 saturated heterocycles. The molecule has 1 aliphatic rings. The molecule has 0 spiro atoms. The fraction of sp³-hybridized carbons (Fsp3) is 0.238. The maximum Gasteiger partial charge on any atom is 0.243 e. The smallest absolute Gasteiger partial charge is 0.243 e. The molecule has 1 unspecified atom stereocenters. The van der Waals surface area contributed by atoms with Crippen molar-refractivity contribution in [2.75, 3.05) is 13.1 Å². The summed E-state index contributed by atoms with van der Waals surface area (Å²) in [5.41, 5.74) is 2.85. The Hall–Kier alpha value is -2.77. The molecule has 0 aliphatic carbocycles. The zero-order chi connectivity index (χ0) is 19.6. The summed E-state index contributed by atoms with van der Waals surface area (Å²) in [4.78, 5) is 0.294. The minimum Gasteiger partial charge on any atom is -0.472 e. The molecule has 0 amide bonds. The first-order valence-electron chi connectivity index (χ1n) is 9.15. The van der Waals surface area contributed by atoms with Crippen molar-refractivity contribution in [2.24, 2.45) is 0 Å². The van der Waals surface area contributed by atoms with Gasteiger partial charge in [0.05, 0.1) is 17.1 Å². The van der Waals surface area contributed by atoms with E-state index in [-0.39, 0.29) is 6.10 Å². The zero-order valence-corrected chi connectivity index (χ0v) is 16.3. The maximum absolute atomic E-state index is 13.0. The molecule has 4 rings (SSSR count). The summed E-state index contributed by atoms with van der Waals surface area (Å²) in [6.45, 7) is 2.58. The topological polar surface area (TPSA) is 72.4 Å². The normalized spacial score (nSPS) is 17.5. The third kappa shape index (κ3) is 3.90. The monoisotopic (exact) mass is 395 g/mol. The molecule has 1 aromatic heterocycles. The van der Waals surface area contributed by atoms with E-state index in [0.717, 1.165) is 16.8 Å². The van der Waals surface area contributed by atoms with E-state index >= 15 is 0 Å². The van der Waals surface area contributed by atoms with Crippen molar-refractivity contribution in [3.05, 3.63) is 72.4 Å². The van der Waals surface area contributed by atoms with Crippen LogP contribution in [0.5, 0.6) is 5.88 Å². The van der Waals surface area contributed by atoms with Crippen molar-refractivity contribution >= 4 is 10.0 Å². The van der Waals surface area contributed by atoms with Crippen LogP contribution in [-0.4, -0.2) is 42.1 Å². The van der Waals surface area contributed by atoms with Crippen molar-refractivity contribution in [3.8, 4) is 17.0 Å². The number of ether oxygens (including phenoxy) is 1. The molecule has 2 aromatic carbocycles. The molecule has 0 radical (unpaired) electrons. The van der Waals surface area contributed by atoms with Crippen LogP contribution in [0.2, 0.25) is 0 Å². The number of aryl methyl sites for hydroxylation is 1. The second-order valence-corrected chi connectivity index (χ2v) is 8.73. The van der Waals surface area contributed by atoms with Crippen LogP contribution < -0.4 is 4.74 Å². The van der Waals surface area contributed by atoms with Crippen LogP contribution in [0.25, 0.3) is 11.1 Å². The van der Waals surface area contributed by atoms with Gasteiger partial charge in [-0.3, -0.25) is 0 Å². The molecule has 0 saturated carbocycles. The van der Waals surface area contributed by atoms with Gasteiger partial charge in [0.1, 0.15) is 6.10 Å². The van der Waals surface area contributed by atoms with Crippen LogP contribution in [0.15, 0.2) is 71.6 Å². The standard InChI is InChI=1S/C21H21N3O3S/c1-16-7-12-21(23-22-16)27-19-13-14-24(15-19)28(25,26)20-10-8-18(9-11-20)17-5-3-2-4-6-17/h2-12,19H,13-15H2,1H3. The van der Waals surface area contributed by atoms with Crippen LogP contribution in [0.4, 0.5) is 0 Å². The number of nitrogens with zero attached hydrogens (tertiary/aromatic N) is 3. The molecular weight excluding hydrogens is 374 g/mol. The van der Waals surface area contributed by atoms with E-state index in [1.165, 1.54) is 4.31 Å². The highest BCUT2D eigenvalue weighted by molar-refractivity contribution is 7.89. The van der Waals surface area contributed by atoms with Gasteiger partial charge in [0.25, 0.3) is 0 Å². The second kappa shape index (κ2) is 7.69. The molecule has 1 fully saturated rings. The Labute approximate surface area is 164 Å². The number of sulfonamides is 1. The average molecular weight is 395 g/mol. The van der Waals surface area contributed by atoms with Gasteiger partial charge in [-0.05, 0) is 42.7 Å². The second-order valence-electron chi connectivity index (χ2n) is 6.79. The molecule has 1 atom stereocenters. The van der Waals surface area contributed by atoms with Gasteiger partial charge in [0.2, 0.25) is 15.9 Å². The first kappa shape index (κ1) is 18.6. The van der Waals surface area contributed by atoms with Gasteiger partial charge < -0.3 is 4.74 Å². The largest absolute Gasteiger partial charge is 0.472 e. The van der Waals surface area contributed by atoms with Crippen molar-refractivity contribution in [3.63, 3.8) is 0 Å². The molecule has 7 heteroatoms. The van der Waals surface area contributed by atoms with Crippen LogP contribution in [-0.2, 0) is 10.0 Å².